The second kappa shape index (κ2) is 8.26. The van der Waals surface area contributed by atoms with Crippen molar-refractivity contribution in [2.45, 2.75) is 40.3 Å². The van der Waals surface area contributed by atoms with Crippen LogP contribution < -0.4 is 11.0 Å². The van der Waals surface area contributed by atoms with Gasteiger partial charge in [-0.05, 0) is 36.9 Å². The van der Waals surface area contributed by atoms with Crippen LogP contribution in [0, 0.1) is 0 Å². The van der Waals surface area contributed by atoms with E-state index >= 15 is 0 Å². The van der Waals surface area contributed by atoms with E-state index in [1.807, 2.05) is 31.2 Å². The Balaban J connectivity index is 1.69. The smallest absolute Gasteiger partial charge is 0.323 e. The summed E-state index contributed by atoms with van der Waals surface area (Å²) in [5.74, 6) is 0.960. The van der Waals surface area contributed by atoms with Gasteiger partial charge < -0.3 is 19.7 Å². The van der Waals surface area contributed by atoms with E-state index in [9.17, 15) is 9.59 Å². The van der Waals surface area contributed by atoms with Gasteiger partial charge in [0.25, 0.3) is 5.91 Å². The van der Waals surface area contributed by atoms with Crippen molar-refractivity contribution < 1.29 is 9.21 Å². The Morgan fingerprint density at radius 1 is 1.11 bits per heavy atom. The summed E-state index contributed by atoms with van der Waals surface area (Å²) in [6, 6.07) is 7.38. The molecular weight excluding hydrogens is 344 g/mol. The van der Waals surface area contributed by atoms with Crippen LogP contribution >= 0.6 is 0 Å². The molecule has 0 saturated heterocycles. The standard InChI is InChI=1S/C20H26N4O3/c1-4-17-14(12-24(5-2)6-3)10-18(27-17)19(25)21-11-13-7-8-15-16(9-13)23-20(26)22-15/h7-10H,4-6,11-12H2,1-3H3,(H,21,25)(H2,22,23,26). The van der Waals surface area contributed by atoms with Crippen LogP contribution in [0.4, 0.5) is 0 Å². The quantitative estimate of drug-likeness (QED) is 0.568. The summed E-state index contributed by atoms with van der Waals surface area (Å²) in [5, 5.41) is 2.88. The molecule has 0 fully saturated rings. The zero-order chi connectivity index (χ0) is 19.4. The van der Waals surface area contributed by atoms with Crippen LogP contribution in [-0.4, -0.2) is 33.9 Å². The molecule has 0 aliphatic rings. The number of fused-ring (bicyclic) bond motifs is 1. The van der Waals surface area contributed by atoms with Gasteiger partial charge in [0.15, 0.2) is 5.76 Å². The Kier molecular flexibility index (Phi) is 5.81. The van der Waals surface area contributed by atoms with Crippen molar-refractivity contribution in [2.24, 2.45) is 0 Å². The topological polar surface area (TPSA) is 94.1 Å². The number of rotatable bonds is 8. The van der Waals surface area contributed by atoms with Gasteiger partial charge in [-0.25, -0.2) is 4.79 Å². The van der Waals surface area contributed by atoms with Gasteiger partial charge in [0.05, 0.1) is 11.0 Å². The van der Waals surface area contributed by atoms with Crippen molar-refractivity contribution in [3.8, 4) is 0 Å². The highest BCUT2D eigenvalue weighted by molar-refractivity contribution is 5.91. The molecule has 27 heavy (non-hydrogen) atoms. The third kappa shape index (κ3) is 4.31. The van der Waals surface area contributed by atoms with Crippen molar-refractivity contribution in [1.29, 1.82) is 0 Å². The van der Waals surface area contributed by atoms with Crippen LogP contribution in [0.1, 0.15) is 48.2 Å². The van der Waals surface area contributed by atoms with E-state index in [1.54, 1.807) is 0 Å². The molecular formula is C20H26N4O3. The minimum Gasteiger partial charge on any atom is -0.456 e. The third-order valence-corrected chi connectivity index (χ3v) is 4.76. The molecule has 0 saturated carbocycles. The molecule has 0 bridgehead atoms. The van der Waals surface area contributed by atoms with Crippen LogP contribution in [0.5, 0.6) is 0 Å². The van der Waals surface area contributed by atoms with Crippen LogP contribution in [0.15, 0.2) is 33.5 Å². The number of aryl methyl sites for hydroxylation is 1. The number of benzene rings is 1. The van der Waals surface area contributed by atoms with Crippen LogP contribution in [0.25, 0.3) is 11.0 Å². The average Bonchev–Trinajstić information content (AvgIpc) is 3.25. The molecule has 0 spiro atoms. The summed E-state index contributed by atoms with van der Waals surface area (Å²) in [5.41, 5.74) is 3.19. The number of carbonyl (C=O) groups excluding carboxylic acids is 1. The Labute approximate surface area is 157 Å². The highest BCUT2D eigenvalue weighted by Crippen LogP contribution is 2.19. The molecule has 3 aromatic rings. The van der Waals surface area contributed by atoms with E-state index in [0.29, 0.717) is 12.3 Å². The molecule has 0 aliphatic heterocycles. The fourth-order valence-corrected chi connectivity index (χ4v) is 3.16. The minimum atomic E-state index is -0.241. The highest BCUT2D eigenvalue weighted by atomic mass is 16.4. The van der Waals surface area contributed by atoms with E-state index in [1.165, 1.54) is 0 Å². The maximum absolute atomic E-state index is 12.5. The lowest BCUT2D eigenvalue weighted by Crippen LogP contribution is -2.23. The molecule has 0 radical (unpaired) electrons. The molecule has 7 nitrogen and oxygen atoms in total. The van der Waals surface area contributed by atoms with Gasteiger partial charge in [-0.1, -0.05) is 26.8 Å². The number of H-pyrrole nitrogens is 2. The van der Waals surface area contributed by atoms with Crippen molar-refractivity contribution in [3.63, 3.8) is 0 Å². The van der Waals surface area contributed by atoms with Gasteiger partial charge in [-0.15, -0.1) is 0 Å². The van der Waals surface area contributed by atoms with E-state index in [-0.39, 0.29) is 11.6 Å². The first-order valence-corrected chi connectivity index (χ1v) is 9.37. The predicted molar refractivity (Wildman–Crippen MR) is 105 cm³/mol. The summed E-state index contributed by atoms with van der Waals surface area (Å²) in [4.78, 5) is 31.6. The predicted octanol–water partition coefficient (Wildman–Crippen LogP) is 2.78. The molecule has 2 heterocycles. The molecule has 1 amide bonds. The number of hydrogen-bond acceptors (Lipinski definition) is 4. The molecule has 1 aromatic carbocycles. The van der Waals surface area contributed by atoms with E-state index in [4.69, 9.17) is 4.42 Å². The summed E-state index contributed by atoms with van der Waals surface area (Å²) in [6.45, 7) is 9.32. The SMILES string of the molecule is CCc1oc(C(=O)NCc2ccc3[nH]c(=O)[nH]c3c2)cc1CN(CC)CC. The zero-order valence-electron chi connectivity index (χ0n) is 16.0. The van der Waals surface area contributed by atoms with Crippen molar-refractivity contribution in [1.82, 2.24) is 20.2 Å². The maximum Gasteiger partial charge on any atom is 0.323 e. The van der Waals surface area contributed by atoms with Crippen molar-refractivity contribution in [3.05, 3.63) is 57.4 Å². The zero-order valence-corrected chi connectivity index (χ0v) is 16.0. The third-order valence-electron chi connectivity index (χ3n) is 4.76. The largest absolute Gasteiger partial charge is 0.456 e. The number of amides is 1. The molecule has 0 atom stereocenters. The lowest BCUT2D eigenvalue weighted by atomic mass is 10.2. The number of nitrogens with one attached hydrogen (secondary N) is 3. The minimum absolute atomic E-state index is 0.238. The Morgan fingerprint density at radius 2 is 1.85 bits per heavy atom. The first kappa shape index (κ1) is 19.0. The fourth-order valence-electron chi connectivity index (χ4n) is 3.16. The van der Waals surface area contributed by atoms with Gasteiger partial charge >= 0.3 is 5.69 Å². The van der Waals surface area contributed by atoms with Gasteiger partial charge in [0.2, 0.25) is 0 Å². The Hall–Kier alpha value is -2.80. The lowest BCUT2D eigenvalue weighted by Gasteiger charge is -2.17. The fraction of sp³-hybridized carbons (Fsp3) is 0.400. The van der Waals surface area contributed by atoms with E-state index < -0.39 is 0 Å². The first-order valence-electron chi connectivity index (χ1n) is 9.37. The number of aromatic nitrogens is 2. The number of aromatic amines is 2. The monoisotopic (exact) mass is 370 g/mol. The molecule has 144 valence electrons. The van der Waals surface area contributed by atoms with Gasteiger partial charge in [0, 0.05) is 25.1 Å². The molecule has 3 rings (SSSR count). The summed E-state index contributed by atoms with van der Waals surface area (Å²) >= 11 is 0. The van der Waals surface area contributed by atoms with Crippen molar-refractivity contribution in [2.75, 3.05) is 13.1 Å². The highest BCUT2D eigenvalue weighted by Gasteiger charge is 2.17. The second-order valence-corrected chi connectivity index (χ2v) is 6.52. The number of hydrogen-bond donors (Lipinski definition) is 3. The van der Waals surface area contributed by atoms with Gasteiger partial charge in [-0.3, -0.25) is 9.69 Å². The van der Waals surface area contributed by atoms with E-state index in [0.717, 1.165) is 54.0 Å². The van der Waals surface area contributed by atoms with Crippen LogP contribution in [-0.2, 0) is 19.5 Å². The molecule has 0 aliphatic carbocycles. The van der Waals surface area contributed by atoms with Gasteiger partial charge in [0.1, 0.15) is 5.76 Å². The molecule has 2 aromatic heterocycles. The van der Waals surface area contributed by atoms with Crippen molar-refractivity contribution >= 4 is 16.9 Å². The Morgan fingerprint density at radius 3 is 2.56 bits per heavy atom. The first-order chi connectivity index (χ1) is 13.0. The normalized spacial score (nSPS) is 11.4. The maximum atomic E-state index is 12.5. The molecule has 7 heteroatoms. The number of nitrogens with zero attached hydrogens (tertiary/aromatic N) is 1. The lowest BCUT2D eigenvalue weighted by molar-refractivity contribution is 0.0921. The summed E-state index contributed by atoms with van der Waals surface area (Å²) in [6.07, 6.45) is 0.751. The number of furan rings is 1. The second-order valence-electron chi connectivity index (χ2n) is 6.52. The summed E-state index contributed by atoms with van der Waals surface area (Å²) < 4.78 is 5.79. The summed E-state index contributed by atoms with van der Waals surface area (Å²) in [7, 11) is 0. The van der Waals surface area contributed by atoms with Crippen LogP contribution in [0.3, 0.4) is 0 Å². The van der Waals surface area contributed by atoms with Gasteiger partial charge in [-0.2, -0.15) is 0 Å². The Bertz CT molecular complexity index is 979. The number of imidazole rings is 1. The molecule has 0 unspecified atom stereocenters. The number of carbonyl (C=O) groups is 1. The van der Waals surface area contributed by atoms with E-state index in [2.05, 4.69) is 34.0 Å². The van der Waals surface area contributed by atoms with Crippen LogP contribution in [0.2, 0.25) is 0 Å². The molecule has 3 N–H and O–H groups in total. The average molecular weight is 370 g/mol.